The standard InChI is InChI=1S/C14H19N3/c1-14(2,3)17-13(9-12(10-15)16-17)11-7-5-4-6-8-11/h4-9H,10,15H2,1-3H3. The molecule has 0 fully saturated rings. The molecule has 0 saturated heterocycles. The minimum atomic E-state index is -0.0431. The van der Waals surface area contributed by atoms with Crippen molar-refractivity contribution in [2.24, 2.45) is 5.73 Å². The van der Waals surface area contributed by atoms with Crippen LogP contribution in [0.25, 0.3) is 11.3 Å². The summed E-state index contributed by atoms with van der Waals surface area (Å²) < 4.78 is 2.05. The molecule has 17 heavy (non-hydrogen) atoms. The third-order valence-electron chi connectivity index (χ3n) is 2.67. The molecule has 0 radical (unpaired) electrons. The van der Waals surface area contributed by atoms with E-state index < -0.39 is 0 Å². The average Bonchev–Trinajstić information content (AvgIpc) is 2.74. The summed E-state index contributed by atoms with van der Waals surface area (Å²) in [5.41, 5.74) is 8.86. The highest BCUT2D eigenvalue weighted by Crippen LogP contribution is 2.26. The lowest BCUT2D eigenvalue weighted by molar-refractivity contribution is 0.357. The van der Waals surface area contributed by atoms with Crippen LogP contribution in [-0.2, 0) is 12.1 Å². The Kier molecular flexibility index (Phi) is 3.03. The van der Waals surface area contributed by atoms with Gasteiger partial charge in [-0.1, -0.05) is 30.3 Å². The van der Waals surface area contributed by atoms with Crippen LogP contribution in [0.4, 0.5) is 0 Å². The second-order valence-electron chi connectivity index (χ2n) is 5.17. The summed E-state index contributed by atoms with van der Waals surface area (Å²) in [6.45, 7) is 6.91. The molecule has 3 heteroatoms. The molecular weight excluding hydrogens is 210 g/mol. The summed E-state index contributed by atoms with van der Waals surface area (Å²) in [4.78, 5) is 0. The predicted octanol–water partition coefficient (Wildman–Crippen LogP) is 2.76. The Balaban J connectivity index is 2.57. The van der Waals surface area contributed by atoms with Crippen molar-refractivity contribution in [1.82, 2.24) is 9.78 Å². The van der Waals surface area contributed by atoms with Crippen molar-refractivity contribution in [3.8, 4) is 11.3 Å². The molecule has 0 aliphatic rings. The average molecular weight is 229 g/mol. The highest BCUT2D eigenvalue weighted by molar-refractivity contribution is 5.60. The number of benzene rings is 1. The van der Waals surface area contributed by atoms with E-state index in [9.17, 15) is 0 Å². The van der Waals surface area contributed by atoms with Crippen LogP contribution in [0, 0.1) is 0 Å². The molecular formula is C14H19N3. The summed E-state index contributed by atoms with van der Waals surface area (Å²) in [6, 6.07) is 12.4. The first-order chi connectivity index (χ1) is 8.02. The summed E-state index contributed by atoms with van der Waals surface area (Å²) in [5.74, 6) is 0. The summed E-state index contributed by atoms with van der Waals surface area (Å²) >= 11 is 0. The first-order valence-corrected chi connectivity index (χ1v) is 5.87. The Labute approximate surface area is 102 Å². The van der Waals surface area contributed by atoms with Crippen molar-refractivity contribution in [2.75, 3.05) is 0 Å². The minimum Gasteiger partial charge on any atom is -0.325 e. The largest absolute Gasteiger partial charge is 0.325 e. The number of nitrogens with two attached hydrogens (primary N) is 1. The Bertz CT molecular complexity index is 492. The molecule has 2 aromatic rings. The monoisotopic (exact) mass is 229 g/mol. The van der Waals surface area contributed by atoms with Crippen molar-refractivity contribution >= 4 is 0 Å². The minimum absolute atomic E-state index is 0.0431. The number of aromatic nitrogens is 2. The van der Waals surface area contributed by atoms with Crippen LogP contribution in [0.3, 0.4) is 0 Å². The fourth-order valence-electron chi connectivity index (χ4n) is 1.86. The Morgan fingerprint density at radius 1 is 1.18 bits per heavy atom. The van der Waals surface area contributed by atoms with Gasteiger partial charge in [-0.3, -0.25) is 4.68 Å². The van der Waals surface area contributed by atoms with Gasteiger partial charge >= 0.3 is 0 Å². The molecule has 2 N–H and O–H groups in total. The van der Waals surface area contributed by atoms with Crippen LogP contribution < -0.4 is 5.73 Å². The van der Waals surface area contributed by atoms with E-state index in [4.69, 9.17) is 5.73 Å². The van der Waals surface area contributed by atoms with E-state index >= 15 is 0 Å². The topological polar surface area (TPSA) is 43.8 Å². The van der Waals surface area contributed by atoms with Crippen molar-refractivity contribution in [1.29, 1.82) is 0 Å². The Morgan fingerprint density at radius 2 is 1.82 bits per heavy atom. The molecule has 2 rings (SSSR count). The van der Waals surface area contributed by atoms with Gasteiger partial charge in [-0.25, -0.2) is 0 Å². The van der Waals surface area contributed by atoms with Crippen molar-refractivity contribution in [3.63, 3.8) is 0 Å². The van der Waals surface area contributed by atoms with E-state index in [2.05, 4.69) is 44.1 Å². The zero-order chi connectivity index (χ0) is 12.5. The van der Waals surface area contributed by atoms with Crippen LogP contribution in [0.1, 0.15) is 26.5 Å². The maximum Gasteiger partial charge on any atom is 0.0767 e. The molecule has 3 nitrogen and oxygen atoms in total. The van der Waals surface area contributed by atoms with Gasteiger partial charge in [0.2, 0.25) is 0 Å². The van der Waals surface area contributed by atoms with Gasteiger partial charge in [-0.05, 0) is 32.4 Å². The van der Waals surface area contributed by atoms with E-state index in [-0.39, 0.29) is 5.54 Å². The van der Waals surface area contributed by atoms with E-state index in [1.54, 1.807) is 0 Å². The van der Waals surface area contributed by atoms with Crippen molar-refractivity contribution in [2.45, 2.75) is 32.9 Å². The van der Waals surface area contributed by atoms with Crippen molar-refractivity contribution < 1.29 is 0 Å². The third kappa shape index (κ3) is 2.39. The molecule has 1 heterocycles. The molecule has 0 aliphatic carbocycles. The lowest BCUT2D eigenvalue weighted by atomic mass is 10.1. The van der Waals surface area contributed by atoms with Crippen LogP contribution in [-0.4, -0.2) is 9.78 Å². The molecule has 0 spiro atoms. The second kappa shape index (κ2) is 4.34. The highest BCUT2D eigenvalue weighted by atomic mass is 15.3. The lowest BCUT2D eigenvalue weighted by Gasteiger charge is -2.22. The van der Waals surface area contributed by atoms with Crippen molar-refractivity contribution in [3.05, 3.63) is 42.1 Å². The molecule has 1 aromatic carbocycles. The van der Waals surface area contributed by atoms with E-state index in [0.717, 1.165) is 11.4 Å². The molecule has 1 aromatic heterocycles. The van der Waals surface area contributed by atoms with Gasteiger partial charge in [0.1, 0.15) is 0 Å². The number of hydrogen-bond acceptors (Lipinski definition) is 2. The first-order valence-electron chi connectivity index (χ1n) is 5.87. The molecule has 0 saturated carbocycles. The second-order valence-corrected chi connectivity index (χ2v) is 5.17. The number of nitrogens with zero attached hydrogens (tertiary/aromatic N) is 2. The van der Waals surface area contributed by atoms with E-state index in [1.165, 1.54) is 5.56 Å². The fraction of sp³-hybridized carbons (Fsp3) is 0.357. The molecule has 0 aliphatic heterocycles. The van der Waals surface area contributed by atoms with Gasteiger partial charge < -0.3 is 5.73 Å². The maximum atomic E-state index is 5.68. The van der Waals surface area contributed by atoms with Gasteiger partial charge in [0, 0.05) is 6.54 Å². The van der Waals surface area contributed by atoms with Gasteiger partial charge in [0.25, 0.3) is 0 Å². The smallest absolute Gasteiger partial charge is 0.0767 e. The highest BCUT2D eigenvalue weighted by Gasteiger charge is 2.19. The SMILES string of the molecule is CC(C)(C)n1nc(CN)cc1-c1ccccc1. The first kappa shape index (κ1) is 11.9. The quantitative estimate of drug-likeness (QED) is 0.860. The summed E-state index contributed by atoms with van der Waals surface area (Å²) in [5, 5.41) is 4.57. The zero-order valence-corrected chi connectivity index (χ0v) is 10.6. The molecule has 0 unspecified atom stereocenters. The fourth-order valence-corrected chi connectivity index (χ4v) is 1.86. The van der Waals surface area contributed by atoms with Gasteiger partial charge in [0.05, 0.1) is 16.9 Å². The predicted molar refractivity (Wildman–Crippen MR) is 70.6 cm³/mol. The third-order valence-corrected chi connectivity index (χ3v) is 2.67. The van der Waals surface area contributed by atoms with E-state index in [1.807, 2.05) is 22.9 Å². The Morgan fingerprint density at radius 3 is 2.35 bits per heavy atom. The van der Waals surface area contributed by atoms with Crippen LogP contribution in [0.5, 0.6) is 0 Å². The number of rotatable bonds is 2. The zero-order valence-electron chi connectivity index (χ0n) is 10.6. The van der Waals surface area contributed by atoms with Gasteiger partial charge in [-0.2, -0.15) is 5.10 Å². The Hall–Kier alpha value is -1.61. The van der Waals surface area contributed by atoms with Crippen LogP contribution in [0.2, 0.25) is 0 Å². The van der Waals surface area contributed by atoms with Gasteiger partial charge in [0.15, 0.2) is 0 Å². The maximum absolute atomic E-state index is 5.68. The summed E-state index contributed by atoms with van der Waals surface area (Å²) in [7, 11) is 0. The van der Waals surface area contributed by atoms with Crippen LogP contribution in [0.15, 0.2) is 36.4 Å². The molecule has 90 valence electrons. The summed E-state index contributed by atoms with van der Waals surface area (Å²) in [6.07, 6.45) is 0. The lowest BCUT2D eigenvalue weighted by Crippen LogP contribution is -2.24. The molecule has 0 bridgehead atoms. The van der Waals surface area contributed by atoms with Crippen LogP contribution >= 0.6 is 0 Å². The van der Waals surface area contributed by atoms with Gasteiger partial charge in [-0.15, -0.1) is 0 Å². The number of hydrogen-bond donors (Lipinski definition) is 1. The molecule has 0 atom stereocenters. The molecule has 0 amide bonds. The normalized spacial score (nSPS) is 11.8. The van der Waals surface area contributed by atoms with E-state index in [0.29, 0.717) is 6.54 Å².